The molecule has 0 bridgehead atoms. The number of hydrogen-bond acceptors (Lipinski definition) is 5. The number of rotatable bonds is 8. The summed E-state index contributed by atoms with van der Waals surface area (Å²) in [5, 5.41) is 2.86. The van der Waals surface area contributed by atoms with Crippen molar-refractivity contribution in [3.8, 4) is 5.75 Å². The summed E-state index contributed by atoms with van der Waals surface area (Å²) in [6.45, 7) is 7.24. The molecule has 1 N–H and O–H groups in total. The Morgan fingerprint density at radius 2 is 1.75 bits per heavy atom. The number of anilines is 2. The van der Waals surface area contributed by atoms with Gasteiger partial charge in [-0.1, -0.05) is 24.1 Å². The Bertz CT molecular complexity index is 1030. The first-order chi connectivity index (χ1) is 15.2. The van der Waals surface area contributed by atoms with Crippen LogP contribution in [0.1, 0.15) is 38.7 Å². The average Bonchev–Trinajstić information content (AvgIpc) is 2.78. The lowest BCUT2D eigenvalue weighted by atomic mass is 10.2. The van der Waals surface area contributed by atoms with Gasteiger partial charge in [0, 0.05) is 30.5 Å². The number of carbonyl (C=O) groups excluding carboxylic acids is 1. The van der Waals surface area contributed by atoms with Crippen molar-refractivity contribution < 1.29 is 17.9 Å². The topological polar surface area (TPSA) is 79.0 Å². The molecule has 1 fully saturated rings. The molecule has 7 nitrogen and oxygen atoms in total. The molecule has 3 rings (SSSR count). The first-order valence-electron chi connectivity index (χ1n) is 11.0. The Morgan fingerprint density at radius 3 is 2.34 bits per heavy atom. The average molecular weight is 460 g/mol. The van der Waals surface area contributed by atoms with E-state index >= 15 is 0 Å². The van der Waals surface area contributed by atoms with E-state index in [4.69, 9.17) is 4.74 Å². The predicted molar refractivity (Wildman–Crippen MR) is 128 cm³/mol. The van der Waals surface area contributed by atoms with Crippen molar-refractivity contribution in [2.45, 2.75) is 51.0 Å². The second-order valence-electron chi connectivity index (χ2n) is 8.44. The van der Waals surface area contributed by atoms with Crippen molar-refractivity contribution in [2.24, 2.45) is 0 Å². The predicted octanol–water partition coefficient (Wildman–Crippen LogP) is 4.03. The minimum atomic E-state index is -3.70. The lowest BCUT2D eigenvalue weighted by Gasteiger charge is -2.28. The maximum absolute atomic E-state index is 13.2. The van der Waals surface area contributed by atoms with E-state index in [2.05, 4.69) is 5.32 Å². The first-order valence-corrected chi connectivity index (χ1v) is 12.5. The van der Waals surface area contributed by atoms with Crippen molar-refractivity contribution in [2.75, 3.05) is 37.0 Å². The molecule has 174 valence electrons. The Labute approximate surface area is 191 Å². The van der Waals surface area contributed by atoms with Crippen molar-refractivity contribution >= 4 is 27.3 Å². The van der Waals surface area contributed by atoms with Gasteiger partial charge in [-0.2, -0.15) is 4.31 Å². The molecule has 1 amide bonds. The molecule has 2 aromatic carbocycles. The van der Waals surface area contributed by atoms with E-state index in [0.29, 0.717) is 18.8 Å². The summed E-state index contributed by atoms with van der Waals surface area (Å²) in [7, 11) is -2.25. The molecule has 1 aliphatic heterocycles. The highest BCUT2D eigenvalue weighted by Crippen LogP contribution is 2.31. The zero-order valence-corrected chi connectivity index (χ0v) is 20.1. The van der Waals surface area contributed by atoms with Crippen LogP contribution in [0.2, 0.25) is 0 Å². The van der Waals surface area contributed by atoms with Gasteiger partial charge in [0.25, 0.3) is 0 Å². The van der Waals surface area contributed by atoms with Gasteiger partial charge in [0.15, 0.2) is 0 Å². The highest BCUT2D eigenvalue weighted by molar-refractivity contribution is 7.89. The van der Waals surface area contributed by atoms with Crippen molar-refractivity contribution in [3.63, 3.8) is 0 Å². The molecule has 1 heterocycles. The third kappa shape index (κ3) is 5.61. The molecule has 0 spiro atoms. The summed E-state index contributed by atoms with van der Waals surface area (Å²) in [6.07, 6.45) is 2.73. The molecule has 2 aromatic rings. The monoisotopic (exact) mass is 459 g/mol. The van der Waals surface area contributed by atoms with Gasteiger partial charge in [0.05, 0.1) is 13.7 Å². The van der Waals surface area contributed by atoms with Gasteiger partial charge in [-0.05, 0) is 63.9 Å². The summed E-state index contributed by atoms with van der Waals surface area (Å²) in [6, 6.07) is 12.9. The van der Waals surface area contributed by atoms with Crippen LogP contribution in [-0.4, -0.2) is 51.4 Å². The minimum absolute atomic E-state index is 0.0824. The lowest BCUT2D eigenvalue weighted by Crippen LogP contribution is -2.38. The van der Waals surface area contributed by atoms with Crippen LogP contribution in [0.3, 0.4) is 0 Å². The summed E-state index contributed by atoms with van der Waals surface area (Å²) >= 11 is 0. The van der Waals surface area contributed by atoms with Crippen molar-refractivity contribution in [3.05, 3.63) is 48.0 Å². The summed E-state index contributed by atoms with van der Waals surface area (Å²) < 4.78 is 33.2. The number of hydrogen-bond donors (Lipinski definition) is 1. The molecular formula is C24H33N3O4S. The number of methoxy groups -OCH3 is 1. The Hall–Kier alpha value is -2.58. The molecule has 0 radical (unpaired) electrons. The molecule has 0 aromatic heterocycles. The van der Waals surface area contributed by atoms with Gasteiger partial charge < -0.3 is 15.0 Å². The maximum Gasteiger partial charge on any atom is 0.246 e. The van der Waals surface area contributed by atoms with E-state index < -0.39 is 10.0 Å². The number of piperidine rings is 1. The quantitative estimate of drug-likeness (QED) is 0.645. The van der Waals surface area contributed by atoms with Gasteiger partial charge in [0.2, 0.25) is 15.9 Å². The van der Waals surface area contributed by atoms with Crippen LogP contribution >= 0.6 is 0 Å². The van der Waals surface area contributed by atoms with Crippen LogP contribution in [0, 0.1) is 6.92 Å². The number of aryl methyl sites for hydroxylation is 1. The lowest BCUT2D eigenvalue weighted by molar-refractivity contribution is -0.115. The second kappa shape index (κ2) is 10.4. The third-order valence-electron chi connectivity index (χ3n) is 5.68. The summed E-state index contributed by atoms with van der Waals surface area (Å²) in [5.74, 6) is 0.0581. The molecule has 8 heteroatoms. The minimum Gasteiger partial charge on any atom is -0.495 e. The number of ether oxygens (including phenoxy) is 1. The fourth-order valence-corrected chi connectivity index (χ4v) is 5.56. The molecule has 0 atom stereocenters. The number of nitrogens with one attached hydrogen (secondary N) is 1. The second-order valence-corrected chi connectivity index (χ2v) is 10.3. The van der Waals surface area contributed by atoms with Crippen LogP contribution < -0.4 is 15.0 Å². The maximum atomic E-state index is 13.2. The van der Waals surface area contributed by atoms with Crippen LogP contribution in [0.25, 0.3) is 0 Å². The van der Waals surface area contributed by atoms with Gasteiger partial charge in [0.1, 0.15) is 10.6 Å². The largest absolute Gasteiger partial charge is 0.495 e. The van der Waals surface area contributed by atoms with Crippen LogP contribution in [0.15, 0.2) is 47.4 Å². The fourth-order valence-electron chi connectivity index (χ4n) is 3.86. The Balaban J connectivity index is 1.80. The number of sulfonamides is 1. The first kappa shape index (κ1) is 24.1. The molecule has 0 unspecified atom stereocenters. The summed E-state index contributed by atoms with van der Waals surface area (Å²) in [5.41, 5.74) is 2.55. The summed E-state index contributed by atoms with van der Waals surface area (Å²) in [4.78, 5) is 14.9. The van der Waals surface area contributed by atoms with Gasteiger partial charge in [-0.15, -0.1) is 0 Å². The van der Waals surface area contributed by atoms with E-state index in [0.717, 1.165) is 30.5 Å². The van der Waals surface area contributed by atoms with E-state index in [1.807, 2.05) is 49.9 Å². The molecule has 0 aliphatic carbocycles. The van der Waals surface area contributed by atoms with Crippen LogP contribution in [-0.2, 0) is 14.8 Å². The van der Waals surface area contributed by atoms with E-state index in [1.165, 1.54) is 17.5 Å². The standard InChI is InChI=1S/C24H33N3O4S/c1-18(2)27(21-11-8-19(3)9-12-21)17-24(28)25-20-10-13-22(31-4)23(16-20)32(29,30)26-14-6-5-7-15-26/h8-13,16,18H,5-7,14-15,17H2,1-4H3,(H,25,28). The highest BCUT2D eigenvalue weighted by Gasteiger charge is 2.29. The van der Waals surface area contributed by atoms with E-state index in [9.17, 15) is 13.2 Å². The SMILES string of the molecule is COc1ccc(NC(=O)CN(c2ccc(C)cc2)C(C)C)cc1S(=O)(=O)N1CCCCC1. The molecule has 1 aliphatic rings. The van der Waals surface area contributed by atoms with Crippen molar-refractivity contribution in [1.82, 2.24) is 4.31 Å². The molecule has 1 saturated heterocycles. The smallest absolute Gasteiger partial charge is 0.246 e. The molecule has 0 saturated carbocycles. The Morgan fingerprint density at radius 1 is 1.09 bits per heavy atom. The molecular weight excluding hydrogens is 426 g/mol. The zero-order valence-electron chi connectivity index (χ0n) is 19.3. The van der Waals surface area contributed by atoms with Crippen molar-refractivity contribution in [1.29, 1.82) is 0 Å². The zero-order chi connectivity index (χ0) is 23.3. The van der Waals surface area contributed by atoms with Crippen LogP contribution in [0.4, 0.5) is 11.4 Å². The fraction of sp³-hybridized carbons (Fsp3) is 0.458. The number of amides is 1. The van der Waals surface area contributed by atoms with Gasteiger partial charge in [-0.3, -0.25) is 4.79 Å². The number of nitrogens with zero attached hydrogens (tertiary/aromatic N) is 2. The Kier molecular flexibility index (Phi) is 7.79. The van der Waals surface area contributed by atoms with Gasteiger partial charge >= 0.3 is 0 Å². The van der Waals surface area contributed by atoms with Crippen LogP contribution in [0.5, 0.6) is 5.75 Å². The van der Waals surface area contributed by atoms with E-state index in [1.54, 1.807) is 12.1 Å². The number of benzene rings is 2. The van der Waals surface area contributed by atoms with E-state index in [-0.39, 0.29) is 29.1 Å². The number of carbonyl (C=O) groups is 1. The normalized spacial score (nSPS) is 14.9. The highest BCUT2D eigenvalue weighted by atomic mass is 32.2. The third-order valence-corrected chi connectivity index (χ3v) is 7.60. The molecule has 32 heavy (non-hydrogen) atoms. The van der Waals surface area contributed by atoms with Gasteiger partial charge in [-0.25, -0.2) is 8.42 Å².